The summed E-state index contributed by atoms with van der Waals surface area (Å²) in [5.41, 5.74) is 1.43. The van der Waals surface area contributed by atoms with Gasteiger partial charge in [0.2, 0.25) is 15.9 Å². The highest BCUT2D eigenvalue weighted by molar-refractivity contribution is 7.89. The molecule has 4 rings (SSSR count). The standard InChI is InChI=1S/C22H25ClN2O4S/c1-2-29-20-10-9-15(13-21(20)30(27,28)25-11-5-6-12-25)24-22(26)18-14-17(18)16-7-3-4-8-19(16)23/h3-4,7-10,13,17-18H,2,5-6,11-12,14H2,1H3,(H,24,26). The molecular weight excluding hydrogens is 424 g/mol. The van der Waals surface area contributed by atoms with Gasteiger partial charge in [0.15, 0.2) is 0 Å². The highest BCUT2D eigenvalue weighted by Crippen LogP contribution is 2.50. The molecule has 2 atom stereocenters. The van der Waals surface area contributed by atoms with Gasteiger partial charge in [0.05, 0.1) is 6.61 Å². The Morgan fingerprint density at radius 2 is 1.93 bits per heavy atom. The van der Waals surface area contributed by atoms with Crippen molar-refractivity contribution in [1.82, 2.24) is 4.31 Å². The van der Waals surface area contributed by atoms with E-state index in [0.717, 1.165) is 24.8 Å². The van der Waals surface area contributed by atoms with Gasteiger partial charge >= 0.3 is 0 Å². The summed E-state index contributed by atoms with van der Waals surface area (Å²) in [6, 6.07) is 12.3. The lowest BCUT2D eigenvalue weighted by Crippen LogP contribution is -2.28. The summed E-state index contributed by atoms with van der Waals surface area (Å²) < 4.78 is 33.2. The van der Waals surface area contributed by atoms with Crippen LogP contribution in [-0.2, 0) is 14.8 Å². The maximum atomic E-state index is 13.1. The van der Waals surface area contributed by atoms with Gasteiger partial charge in [-0.3, -0.25) is 4.79 Å². The van der Waals surface area contributed by atoms with Crippen LogP contribution in [0.4, 0.5) is 5.69 Å². The summed E-state index contributed by atoms with van der Waals surface area (Å²) in [4.78, 5) is 12.9. The van der Waals surface area contributed by atoms with Gasteiger partial charge in [-0.05, 0) is 61.9 Å². The Morgan fingerprint density at radius 3 is 2.63 bits per heavy atom. The molecule has 0 spiro atoms. The van der Waals surface area contributed by atoms with Crippen molar-refractivity contribution >= 4 is 33.2 Å². The SMILES string of the molecule is CCOc1ccc(NC(=O)C2CC2c2ccccc2Cl)cc1S(=O)(=O)N1CCCC1. The van der Waals surface area contributed by atoms with Crippen LogP contribution in [0.1, 0.15) is 37.7 Å². The summed E-state index contributed by atoms with van der Waals surface area (Å²) in [6.45, 7) is 3.18. The van der Waals surface area contributed by atoms with Gasteiger partial charge in [-0.15, -0.1) is 0 Å². The predicted octanol–water partition coefficient (Wildman–Crippen LogP) is 4.27. The minimum absolute atomic E-state index is 0.0919. The Labute approximate surface area is 182 Å². The van der Waals surface area contributed by atoms with Crippen molar-refractivity contribution in [3.05, 3.63) is 53.1 Å². The maximum absolute atomic E-state index is 13.1. The number of carbonyl (C=O) groups excluding carboxylic acids is 1. The molecule has 1 heterocycles. The number of hydrogen-bond donors (Lipinski definition) is 1. The van der Waals surface area contributed by atoms with Crippen LogP contribution in [0.3, 0.4) is 0 Å². The number of benzene rings is 2. The van der Waals surface area contributed by atoms with Gasteiger partial charge in [-0.2, -0.15) is 4.31 Å². The lowest BCUT2D eigenvalue weighted by molar-refractivity contribution is -0.117. The van der Waals surface area contributed by atoms with E-state index in [2.05, 4.69) is 5.32 Å². The zero-order valence-corrected chi connectivity index (χ0v) is 18.4. The third-order valence-corrected chi connectivity index (χ3v) is 7.89. The fraction of sp³-hybridized carbons (Fsp3) is 0.409. The Morgan fingerprint density at radius 1 is 1.20 bits per heavy atom. The number of rotatable bonds is 7. The minimum atomic E-state index is -3.67. The van der Waals surface area contributed by atoms with E-state index in [4.69, 9.17) is 16.3 Å². The Balaban J connectivity index is 1.54. The minimum Gasteiger partial charge on any atom is -0.492 e. The molecule has 2 unspecified atom stereocenters. The molecular formula is C22H25ClN2O4S. The lowest BCUT2D eigenvalue weighted by Gasteiger charge is -2.19. The number of ether oxygens (including phenoxy) is 1. The molecule has 2 fully saturated rings. The number of amides is 1. The first-order valence-electron chi connectivity index (χ1n) is 10.2. The van der Waals surface area contributed by atoms with Crippen LogP contribution in [0.25, 0.3) is 0 Å². The van der Waals surface area contributed by atoms with E-state index in [-0.39, 0.29) is 22.6 Å². The maximum Gasteiger partial charge on any atom is 0.246 e. The van der Waals surface area contributed by atoms with E-state index >= 15 is 0 Å². The molecule has 30 heavy (non-hydrogen) atoms. The first-order valence-corrected chi connectivity index (χ1v) is 12.1. The molecule has 1 aliphatic carbocycles. The molecule has 160 valence electrons. The molecule has 1 N–H and O–H groups in total. The number of halogens is 1. The molecule has 2 aromatic rings. The van der Waals surface area contributed by atoms with Crippen molar-refractivity contribution in [2.45, 2.75) is 37.0 Å². The topological polar surface area (TPSA) is 75.7 Å². The number of nitrogens with one attached hydrogen (secondary N) is 1. The van der Waals surface area contributed by atoms with Gasteiger partial charge in [-0.25, -0.2) is 8.42 Å². The van der Waals surface area contributed by atoms with E-state index in [1.807, 2.05) is 31.2 Å². The fourth-order valence-electron chi connectivity index (χ4n) is 3.97. The number of hydrogen-bond acceptors (Lipinski definition) is 4. The van der Waals surface area contributed by atoms with E-state index in [9.17, 15) is 13.2 Å². The number of nitrogens with zero attached hydrogens (tertiary/aromatic N) is 1. The van der Waals surface area contributed by atoms with Gasteiger partial charge in [0.1, 0.15) is 10.6 Å². The Kier molecular flexibility index (Phi) is 6.04. The zero-order valence-electron chi connectivity index (χ0n) is 16.8. The van der Waals surface area contributed by atoms with Crippen molar-refractivity contribution in [1.29, 1.82) is 0 Å². The summed E-state index contributed by atoms with van der Waals surface area (Å²) in [7, 11) is -3.67. The normalized spacial score (nSPS) is 21.4. The van der Waals surface area contributed by atoms with Gasteiger partial charge in [0, 0.05) is 29.7 Å². The summed E-state index contributed by atoms with van der Waals surface area (Å²) >= 11 is 6.25. The predicted molar refractivity (Wildman–Crippen MR) is 117 cm³/mol. The average Bonchev–Trinajstić information content (AvgIpc) is 3.31. The largest absolute Gasteiger partial charge is 0.492 e. The molecule has 1 saturated heterocycles. The van der Waals surface area contributed by atoms with Crippen molar-refractivity contribution in [2.24, 2.45) is 5.92 Å². The van der Waals surface area contributed by atoms with Crippen molar-refractivity contribution in [2.75, 3.05) is 25.0 Å². The van der Waals surface area contributed by atoms with Crippen molar-refractivity contribution in [3.63, 3.8) is 0 Å². The van der Waals surface area contributed by atoms with E-state index in [1.165, 1.54) is 10.4 Å². The quantitative estimate of drug-likeness (QED) is 0.686. The fourth-order valence-corrected chi connectivity index (χ4v) is 5.92. The van der Waals surface area contributed by atoms with Crippen LogP contribution < -0.4 is 10.1 Å². The van der Waals surface area contributed by atoms with Crippen LogP contribution in [-0.4, -0.2) is 38.3 Å². The number of sulfonamides is 1. The van der Waals surface area contributed by atoms with Crippen molar-refractivity contribution in [3.8, 4) is 5.75 Å². The van der Waals surface area contributed by atoms with Crippen LogP contribution in [0.15, 0.2) is 47.4 Å². The van der Waals surface area contributed by atoms with Gasteiger partial charge < -0.3 is 10.1 Å². The molecule has 1 aliphatic heterocycles. The molecule has 0 bridgehead atoms. The Bertz CT molecular complexity index is 1050. The zero-order chi connectivity index (χ0) is 21.3. The molecule has 1 saturated carbocycles. The lowest BCUT2D eigenvalue weighted by atomic mass is 10.1. The van der Waals surface area contributed by atoms with Crippen LogP contribution in [0.5, 0.6) is 5.75 Å². The first kappa shape index (κ1) is 21.2. The van der Waals surface area contributed by atoms with E-state index in [0.29, 0.717) is 36.2 Å². The second-order valence-electron chi connectivity index (χ2n) is 7.67. The summed E-state index contributed by atoms with van der Waals surface area (Å²) in [5.74, 6) is 0.0978. The summed E-state index contributed by atoms with van der Waals surface area (Å²) in [5, 5.41) is 3.54. The molecule has 2 aliphatic rings. The molecule has 2 aromatic carbocycles. The first-order chi connectivity index (χ1) is 14.4. The van der Waals surface area contributed by atoms with E-state index in [1.54, 1.807) is 12.1 Å². The molecule has 0 radical (unpaired) electrons. The summed E-state index contributed by atoms with van der Waals surface area (Å²) in [6.07, 6.45) is 2.43. The molecule has 1 amide bonds. The van der Waals surface area contributed by atoms with Crippen molar-refractivity contribution < 1.29 is 17.9 Å². The van der Waals surface area contributed by atoms with Crippen LogP contribution in [0.2, 0.25) is 5.02 Å². The molecule has 0 aromatic heterocycles. The third-order valence-electron chi connectivity index (χ3n) is 5.63. The van der Waals surface area contributed by atoms with Crippen LogP contribution in [0, 0.1) is 5.92 Å². The highest BCUT2D eigenvalue weighted by Gasteiger charge is 2.45. The average molecular weight is 449 g/mol. The second-order valence-corrected chi connectivity index (χ2v) is 9.98. The second kappa shape index (κ2) is 8.57. The molecule has 8 heteroatoms. The third kappa shape index (κ3) is 4.19. The molecule has 6 nitrogen and oxygen atoms in total. The monoisotopic (exact) mass is 448 g/mol. The van der Waals surface area contributed by atoms with Crippen LogP contribution >= 0.6 is 11.6 Å². The Hall–Kier alpha value is -2.09. The highest BCUT2D eigenvalue weighted by atomic mass is 35.5. The number of anilines is 1. The van der Waals surface area contributed by atoms with E-state index < -0.39 is 10.0 Å². The smallest absolute Gasteiger partial charge is 0.246 e. The number of carbonyl (C=O) groups is 1. The van der Waals surface area contributed by atoms with Gasteiger partial charge in [-0.1, -0.05) is 29.8 Å². The van der Waals surface area contributed by atoms with Gasteiger partial charge in [0.25, 0.3) is 0 Å².